The van der Waals surface area contributed by atoms with Gasteiger partial charge in [0.2, 0.25) is 0 Å². The number of carboxylic acids is 3. The third kappa shape index (κ3) is 2.93. The standard InChI is InChI=1S/C7H11NO2.C2H2O4/c9-7(10)6-4-8-2-1-5(6)3-8;3-1(4)2(5)6/h5-6H,1-4H2,(H,9,10);(H,3,4)(H,5,6). The predicted octanol–water partition coefficient (Wildman–Crippen LogP) is -2.04. The molecule has 0 saturated carbocycles. The molecule has 2 aliphatic heterocycles. The van der Waals surface area contributed by atoms with Crippen LogP contribution in [0.4, 0.5) is 0 Å². The first-order valence-electron chi connectivity index (χ1n) is 4.81. The van der Waals surface area contributed by atoms with Crippen molar-refractivity contribution in [3.8, 4) is 0 Å². The maximum absolute atomic E-state index is 10.5. The van der Waals surface area contributed by atoms with Crippen LogP contribution in [0.25, 0.3) is 0 Å². The molecule has 0 aromatic carbocycles. The van der Waals surface area contributed by atoms with Gasteiger partial charge in [-0.25, -0.2) is 9.59 Å². The van der Waals surface area contributed by atoms with Crippen LogP contribution in [0.5, 0.6) is 0 Å². The van der Waals surface area contributed by atoms with Crippen LogP contribution in [0.1, 0.15) is 7.85 Å². The third-order valence-electron chi connectivity index (χ3n) is 2.82. The maximum atomic E-state index is 10.5. The zero-order chi connectivity index (χ0) is 12.3. The molecule has 0 aromatic heterocycles. The van der Waals surface area contributed by atoms with E-state index in [0.29, 0.717) is 5.92 Å². The van der Waals surface area contributed by atoms with Gasteiger partial charge in [0, 0.05) is 25.0 Å². The summed E-state index contributed by atoms with van der Waals surface area (Å²) in [4.78, 5) is 30.9. The van der Waals surface area contributed by atoms with Crippen molar-refractivity contribution in [2.45, 2.75) is 6.42 Å². The summed E-state index contributed by atoms with van der Waals surface area (Å²) in [6, 6.07) is 0. The Bertz CT molecular complexity index is 309. The Kier molecular flexibility index (Phi) is 3.83. The lowest BCUT2D eigenvalue weighted by atomic mass is 9.93. The number of carboxylic acid groups (broad SMARTS) is 3. The average Bonchev–Trinajstić information content (AvgIpc) is 2.79. The van der Waals surface area contributed by atoms with Gasteiger partial charge in [0.1, 0.15) is 0 Å². The van der Waals surface area contributed by atoms with E-state index in [1.54, 1.807) is 0 Å². The molecule has 2 fully saturated rings. The molecule has 3 atom stereocenters. The number of nitrogens with zero attached hydrogens (tertiary/aromatic N) is 1. The molecular weight excluding hydrogens is 218 g/mol. The van der Waals surface area contributed by atoms with Crippen molar-refractivity contribution in [2.24, 2.45) is 11.8 Å². The lowest BCUT2D eigenvalue weighted by Crippen LogP contribution is -2.38. The van der Waals surface area contributed by atoms with Crippen LogP contribution in [-0.4, -0.2) is 52.7 Å². The van der Waals surface area contributed by atoms with Crippen molar-refractivity contribution in [1.82, 2.24) is 4.90 Å². The molecule has 2 heterocycles. The smallest absolute Gasteiger partial charge is 0.550 e. The van der Waals surface area contributed by atoms with Crippen LogP contribution < -0.4 is 5.11 Å². The van der Waals surface area contributed by atoms with Gasteiger partial charge in [0.05, 0.1) is 0 Å². The van der Waals surface area contributed by atoms with Gasteiger partial charge in [0.25, 0.3) is 0 Å². The Morgan fingerprint density at radius 2 is 1.75 bits per heavy atom. The normalized spacial score (nSPS) is 30.4. The minimum absolute atomic E-state index is 0. The molecule has 0 amide bonds. The lowest BCUT2D eigenvalue weighted by Gasteiger charge is -2.22. The largest absolute Gasteiger partial charge is 1.00 e. The van der Waals surface area contributed by atoms with Crippen LogP contribution in [0, 0.1) is 11.8 Å². The van der Waals surface area contributed by atoms with Gasteiger partial charge >= 0.3 is 13.4 Å². The Hall–Kier alpha value is -1.63. The van der Waals surface area contributed by atoms with Crippen molar-refractivity contribution >= 4 is 17.9 Å². The Balaban J connectivity index is 0.000000324. The van der Waals surface area contributed by atoms with Crippen molar-refractivity contribution in [3.63, 3.8) is 0 Å². The molecule has 2 bridgehead atoms. The number of piperidine rings is 1. The highest BCUT2D eigenvalue weighted by Gasteiger charge is 2.38. The molecule has 90 valence electrons. The molecule has 0 radical (unpaired) electrons. The lowest BCUT2D eigenvalue weighted by molar-refractivity contribution is -0.312. The third-order valence-corrected chi connectivity index (χ3v) is 2.82. The van der Waals surface area contributed by atoms with Crippen LogP contribution >= 0.6 is 0 Å². The number of carbonyl (C=O) groups excluding carboxylic acids is 1. The number of carbonyl (C=O) groups is 3. The van der Waals surface area contributed by atoms with Crippen molar-refractivity contribution in [3.05, 3.63) is 0 Å². The fourth-order valence-electron chi connectivity index (χ4n) is 2.05. The fourth-order valence-corrected chi connectivity index (χ4v) is 2.05. The van der Waals surface area contributed by atoms with Gasteiger partial charge in [-0.05, 0) is 18.9 Å². The summed E-state index contributed by atoms with van der Waals surface area (Å²) in [7, 11) is 0. The first-order chi connectivity index (χ1) is 7.41. The van der Waals surface area contributed by atoms with Crippen molar-refractivity contribution < 1.29 is 31.1 Å². The summed E-state index contributed by atoms with van der Waals surface area (Å²) in [6.07, 6.45) is 1.05. The van der Waals surface area contributed by atoms with Crippen LogP contribution in [0.3, 0.4) is 0 Å². The molecular formula is C9H13NO6. The number of hydrogen-bond acceptors (Lipinski definition) is 5. The first kappa shape index (κ1) is 12.4. The van der Waals surface area contributed by atoms with E-state index in [4.69, 9.17) is 19.8 Å². The summed E-state index contributed by atoms with van der Waals surface area (Å²) in [5.41, 5.74) is 0. The van der Waals surface area contributed by atoms with E-state index in [1.165, 1.54) is 0 Å². The minimum atomic E-state index is -1.82. The van der Waals surface area contributed by atoms with E-state index < -0.39 is 17.9 Å². The first-order valence-corrected chi connectivity index (χ1v) is 4.81. The molecule has 2 aliphatic rings. The number of fused-ring (bicyclic) bond motifs is 2. The molecule has 0 spiro atoms. The van der Waals surface area contributed by atoms with Gasteiger partial charge in [-0.2, -0.15) is 0 Å². The fraction of sp³-hybridized carbons (Fsp3) is 0.667. The highest BCUT2D eigenvalue weighted by atomic mass is 16.4. The summed E-state index contributed by atoms with van der Waals surface area (Å²) in [5, 5.41) is 25.2. The Morgan fingerprint density at radius 3 is 1.94 bits per heavy atom. The van der Waals surface area contributed by atoms with Crippen LogP contribution in [-0.2, 0) is 14.4 Å². The molecule has 7 nitrogen and oxygen atoms in total. The molecule has 16 heavy (non-hydrogen) atoms. The van der Waals surface area contributed by atoms with Gasteiger partial charge < -0.3 is 25.0 Å². The molecule has 0 aliphatic carbocycles. The molecule has 2 saturated heterocycles. The van der Waals surface area contributed by atoms with Crippen LogP contribution in [0.15, 0.2) is 0 Å². The van der Waals surface area contributed by atoms with Gasteiger partial charge in [-0.15, -0.1) is 0 Å². The highest BCUT2D eigenvalue weighted by Crippen LogP contribution is 2.32. The number of aliphatic carboxylic acids is 3. The second-order valence-electron chi connectivity index (χ2n) is 3.84. The maximum Gasteiger partial charge on any atom is 1.00 e. The minimum Gasteiger partial charge on any atom is -0.550 e. The van der Waals surface area contributed by atoms with E-state index in [1.807, 2.05) is 0 Å². The van der Waals surface area contributed by atoms with E-state index in [-0.39, 0.29) is 7.34 Å². The topological polar surface area (TPSA) is 118 Å². The molecule has 3 unspecified atom stereocenters. The molecule has 2 rings (SSSR count). The predicted molar refractivity (Wildman–Crippen MR) is 49.4 cm³/mol. The molecule has 2 N–H and O–H groups in total. The Morgan fingerprint density at radius 1 is 1.19 bits per heavy atom. The quantitative estimate of drug-likeness (QED) is 0.499. The zero-order valence-corrected chi connectivity index (χ0v) is 8.46. The zero-order valence-electron chi connectivity index (χ0n) is 9.46. The SMILES string of the molecule is O=C(O)C(=O)O.O=C([O-])C1CN2CCC1C2.[H+]. The highest BCUT2D eigenvalue weighted by molar-refractivity contribution is 6.27. The van der Waals surface area contributed by atoms with Crippen molar-refractivity contribution in [1.29, 1.82) is 0 Å². The second-order valence-corrected chi connectivity index (χ2v) is 3.84. The van der Waals surface area contributed by atoms with Crippen LogP contribution in [0.2, 0.25) is 0 Å². The Labute approximate surface area is 92.8 Å². The van der Waals surface area contributed by atoms with E-state index in [0.717, 1.165) is 26.1 Å². The summed E-state index contributed by atoms with van der Waals surface area (Å²) < 4.78 is 0. The van der Waals surface area contributed by atoms with Crippen molar-refractivity contribution in [2.75, 3.05) is 19.6 Å². The summed E-state index contributed by atoms with van der Waals surface area (Å²) >= 11 is 0. The second kappa shape index (κ2) is 4.93. The summed E-state index contributed by atoms with van der Waals surface area (Å²) in [6.45, 7) is 2.81. The molecule has 7 heteroatoms. The molecule has 0 aromatic rings. The van der Waals surface area contributed by atoms with E-state index in [2.05, 4.69) is 4.90 Å². The van der Waals surface area contributed by atoms with Gasteiger partial charge in [-0.1, -0.05) is 0 Å². The monoisotopic (exact) mass is 231 g/mol. The summed E-state index contributed by atoms with van der Waals surface area (Å²) in [5.74, 6) is -4.28. The number of rotatable bonds is 1. The van der Waals surface area contributed by atoms with Gasteiger partial charge in [-0.3, -0.25) is 0 Å². The number of hydrogen-bond donors (Lipinski definition) is 2. The van der Waals surface area contributed by atoms with E-state index in [9.17, 15) is 9.90 Å². The van der Waals surface area contributed by atoms with E-state index >= 15 is 0 Å². The average molecular weight is 231 g/mol. The van der Waals surface area contributed by atoms with Gasteiger partial charge in [0.15, 0.2) is 0 Å².